The lowest BCUT2D eigenvalue weighted by Gasteiger charge is -2.35. The van der Waals surface area contributed by atoms with E-state index in [0.717, 1.165) is 23.5 Å². The van der Waals surface area contributed by atoms with Crippen LogP contribution < -0.4 is 14.4 Å². The number of ether oxygens (including phenoxy) is 2. The van der Waals surface area contributed by atoms with E-state index in [1.54, 1.807) is 24.3 Å². The van der Waals surface area contributed by atoms with Gasteiger partial charge in [0.25, 0.3) is 0 Å². The Hall–Kier alpha value is -2.73. The topological polar surface area (TPSA) is 79.2 Å². The molecule has 3 rings (SSSR count). The summed E-state index contributed by atoms with van der Waals surface area (Å²) in [6, 6.07) is 15.0. The first-order valence-corrected chi connectivity index (χ1v) is 8.19. The van der Waals surface area contributed by atoms with Gasteiger partial charge in [0, 0.05) is 6.42 Å². The van der Waals surface area contributed by atoms with E-state index in [1.807, 2.05) is 31.2 Å². The van der Waals surface area contributed by atoms with Gasteiger partial charge in [-0.3, -0.25) is 0 Å². The van der Waals surface area contributed by atoms with Gasteiger partial charge < -0.3 is 24.6 Å². The molecule has 1 aliphatic heterocycles. The zero-order valence-corrected chi connectivity index (χ0v) is 14.0. The van der Waals surface area contributed by atoms with Crippen molar-refractivity contribution >= 4 is 11.7 Å². The fraction of sp³-hybridized carbons (Fsp3) is 0.316. The van der Waals surface area contributed by atoms with Gasteiger partial charge in [0.2, 0.25) is 0 Å². The number of aliphatic hydroxyl groups is 1. The van der Waals surface area contributed by atoms with Gasteiger partial charge in [-0.1, -0.05) is 24.3 Å². The number of carboxylic acid groups (broad SMARTS) is 1. The lowest BCUT2D eigenvalue weighted by Crippen LogP contribution is -2.42. The van der Waals surface area contributed by atoms with E-state index in [2.05, 4.69) is 4.90 Å². The van der Waals surface area contributed by atoms with E-state index >= 15 is 0 Å². The largest absolute Gasteiger partial charge is 0.490 e. The molecule has 1 aliphatic rings. The molecule has 132 valence electrons. The molecule has 0 spiro atoms. The molecule has 6 nitrogen and oxygen atoms in total. The Bertz CT molecular complexity index is 731. The smallest absolute Gasteiger partial charge is 0.332 e. The standard InChI is InChI=1S/C19H21NO5/c1-13(20-10-11-24-18-5-3-2-4-16(18)20)25-15-8-6-14(7-9-15)12-17(21)19(22)23/h2-9,13,17,21H,10-12H2,1H3,(H,22,23). The second-order valence-corrected chi connectivity index (χ2v) is 5.93. The number of carbonyl (C=O) groups is 1. The molecular weight excluding hydrogens is 322 g/mol. The van der Waals surface area contributed by atoms with Crippen molar-refractivity contribution in [3.8, 4) is 11.5 Å². The molecule has 2 unspecified atom stereocenters. The van der Waals surface area contributed by atoms with Gasteiger partial charge in [0.1, 0.15) is 18.1 Å². The van der Waals surface area contributed by atoms with Crippen LogP contribution in [0.2, 0.25) is 0 Å². The predicted molar refractivity (Wildman–Crippen MR) is 93.2 cm³/mol. The minimum Gasteiger partial charge on any atom is -0.490 e. The van der Waals surface area contributed by atoms with Crippen molar-refractivity contribution in [3.05, 3.63) is 54.1 Å². The van der Waals surface area contributed by atoms with Crippen LogP contribution in [0.15, 0.2) is 48.5 Å². The lowest BCUT2D eigenvalue weighted by atomic mass is 10.1. The van der Waals surface area contributed by atoms with Crippen LogP contribution in [0.3, 0.4) is 0 Å². The molecule has 0 aromatic heterocycles. The van der Waals surface area contributed by atoms with Crippen LogP contribution in [-0.2, 0) is 11.2 Å². The average Bonchev–Trinajstić information content (AvgIpc) is 2.62. The number of nitrogens with zero attached hydrogens (tertiary/aromatic N) is 1. The molecule has 0 fully saturated rings. The monoisotopic (exact) mass is 343 g/mol. The first-order valence-electron chi connectivity index (χ1n) is 8.19. The van der Waals surface area contributed by atoms with E-state index in [9.17, 15) is 9.90 Å². The van der Waals surface area contributed by atoms with Crippen molar-refractivity contribution in [1.82, 2.24) is 0 Å². The van der Waals surface area contributed by atoms with Gasteiger partial charge in [0.15, 0.2) is 12.3 Å². The highest BCUT2D eigenvalue weighted by atomic mass is 16.5. The molecule has 1 heterocycles. The van der Waals surface area contributed by atoms with Gasteiger partial charge in [-0.2, -0.15) is 0 Å². The molecular formula is C19H21NO5. The fourth-order valence-corrected chi connectivity index (χ4v) is 2.84. The molecule has 2 N–H and O–H groups in total. The van der Waals surface area contributed by atoms with Crippen LogP contribution in [-0.4, -0.2) is 41.7 Å². The van der Waals surface area contributed by atoms with Crippen molar-refractivity contribution in [3.63, 3.8) is 0 Å². The zero-order chi connectivity index (χ0) is 17.8. The SMILES string of the molecule is CC(Oc1ccc(CC(O)C(=O)O)cc1)N1CCOc2ccccc21. The van der Waals surface area contributed by atoms with Crippen molar-refractivity contribution < 1.29 is 24.5 Å². The summed E-state index contributed by atoms with van der Waals surface area (Å²) in [6.45, 7) is 3.32. The summed E-state index contributed by atoms with van der Waals surface area (Å²) < 4.78 is 11.7. The number of fused-ring (bicyclic) bond motifs is 1. The molecule has 2 aromatic carbocycles. The second kappa shape index (κ2) is 7.44. The Balaban J connectivity index is 1.66. The molecule has 2 aromatic rings. The Kier molecular flexibility index (Phi) is 5.09. The van der Waals surface area contributed by atoms with Gasteiger partial charge in [-0.05, 0) is 36.8 Å². The van der Waals surface area contributed by atoms with Crippen LogP contribution >= 0.6 is 0 Å². The average molecular weight is 343 g/mol. The summed E-state index contributed by atoms with van der Waals surface area (Å²) in [7, 11) is 0. The zero-order valence-electron chi connectivity index (χ0n) is 14.0. The van der Waals surface area contributed by atoms with Crippen LogP contribution in [0.25, 0.3) is 0 Å². The van der Waals surface area contributed by atoms with E-state index in [-0.39, 0.29) is 12.6 Å². The van der Waals surface area contributed by atoms with Gasteiger partial charge in [-0.25, -0.2) is 4.79 Å². The Morgan fingerprint density at radius 1 is 1.24 bits per heavy atom. The third kappa shape index (κ3) is 4.03. The second-order valence-electron chi connectivity index (χ2n) is 5.93. The summed E-state index contributed by atoms with van der Waals surface area (Å²) in [5.41, 5.74) is 1.74. The maximum atomic E-state index is 10.7. The summed E-state index contributed by atoms with van der Waals surface area (Å²) in [6.07, 6.45) is -1.50. The van der Waals surface area contributed by atoms with Crippen molar-refractivity contribution in [2.75, 3.05) is 18.1 Å². The maximum absolute atomic E-state index is 10.7. The van der Waals surface area contributed by atoms with Crippen LogP contribution in [0.1, 0.15) is 12.5 Å². The van der Waals surface area contributed by atoms with Gasteiger partial charge >= 0.3 is 5.97 Å². The van der Waals surface area contributed by atoms with Gasteiger partial charge in [0.05, 0.1) is 12.2 Å². The molecule has 0 saturated carbocycles. The minimum atomic E-state index is -1.39. The normalized spacial score (nSPS) is 15.7. The summed E-state index contributed by atoms with van der Waals surface area (Å²) in [5.74, 6) is 0.312. The first-order chi connectivity index (χ1) is 12.0. The van der Waals surface area contributed by atoms with Crippen molar-refractivity contribution in [1.29, 1.82) is 0 Å². The van der Waals surface area contributed by atoms with Crippen LogP contribution in [0.4, 0.5) is 5.69 Å². The summed E-state index contributed by atoms with van der Waals surface area (Å²) >= 11 is 0. The fourth-order valence-electron chi connectivity index (χ4n) is 2.84. The quantitative estimate of drug-likeness (QED) is 0.838. The number of carboxylic acids is 1. The van der Waals surface area contributed by atoms with Crippen molar-refractivity contribution in [2.45, 2.75) is 25.7 Å². The van der Waals surface area contributed by atoms with Crippen molar-refractivity contribution in [2.24, 2.45) is 0 Å². The van der Waals surface area contributed by atoms with E-state index in [0.29, 0.717) is 12.4 Å². The van der Waals surface area contributed by atoms with E-state index in [4.69, 9.17) is 14.6 Å². The third-order valence-corrected chi connectivity index (χ3v) is 4.15. The number of hydrogen-bond donors (Lipinski definition) is 2. The third-order valence-electron chi connectivity index (χ3n) is 4.15. The number of anilines is 1. The van der Waals surface area contributed by atoms with E-state index in [1.165, 1.54) is 0 Å². The number of hydrogen-bond acceptors (Lipinski definition) is 5. The molecule has 25 heavy (non-hydrogen) atoms. The predicted octanol–water partition coefficient (Wildman–Crippen LogP) is 2.30. The van der Waals surface area contributed by atoms with Crippen LogP contribution in [0, 0.1) is 0 Å². The van der Waals surface area contributed by atoms with E-state index < -0.39 is 12.1 Å². The van der Waals surface area contributed by atoms with Crippen LogP contribution in [0.5, 0.6) is 11.5 Å². The first kappa shape index (κ1) is 17.1. The number of aliphatic carboxylic acids is 1. The minimum absolute atomic E-state index is 0.0714. The Morgan fingerprint density at radius 2 is 1.96 bits per heavy atom. The number of para-hydroxylation sites is 2. The number of rotatable bonds is 6. The highest BCUT2D eigenvalue weighted by Gasteiger charge is 2.23. The molecule has 0 aliphatic carbocycles. The lowest BCUT2D eigenvalue weighted by molar-refractivity contribution is -0.146. The summed E-state index contributed by atoms with van der Waals surface area (Å²) in [4.78, 5) is 12.8. The summed E-state index contributed by atoms with van der Waals surface area (Å²) in [5, 5.41) is 18.2. The number of aliphatic hydroxyl groups excluding tert-OH is 1. The maximum Gasteiger partial charge on any atom is 0.332 e. The molecule has 6 heteroatoms. The van der Waals surface area contributed by atoms with Gasteiger partial charge in [-0.15, -0.1) is 0 Å². The highest BCUT2D eigenvalue weighted by molar-refractivity contribution is 5.72. The number of benzene rings is 2. The highest BCUT2D eigenvalue weighted by Crippen LogP contribution is 2.32. The molecule has 0 bridgehead atoms. The molecule has 0 amide bonds. The molecule has 0 radical (unpaired) electrons. The molecule has 2 atom stereocenters. The Labute approximate surface area is 146 Å². The molecule has 0 saturated heterocycles. The Morgan fingerprint density at radius 3 is 2.68 bits per heavy atom.